The van der Waals surface area contributed by atoms with Crippen molar-refractivity contribution in [3.8, 4) is 0 Å². The van der Waals surface area contributed by atoms with Crippen molar-refractivity contribution < 1.29 is 14.1 Å². The van der Waals surface area contributed by atoms with Gasteiger partial charge >= 0.3 is 0 Å². The summed E-state index contributed by atoms with van der Waals surface area (Å²) in [5.74, 6) is 0.508. The molecule has 3 N–H and O–H groups in total. The average Bonchev–Trinajstić information content (AvgIpc) is 3.02. The number of rotatable bonds is 6. The van der Waals surface area contributed by atoms with E-state index in [9.17, 15) is 9.59 Å². The topological polar surface area (TPSA) is 118 Å². The Kier molecular flexibility index (Phi) is 5.59. The van der Waals surface area contributed by atoms with Crippen molar-refractivity contribution in [2.45, 2.75) is 13.5 Å². The van der Waals surface area contributed by atoms with Crippen LogP contribution in [0.5, 0.6) is 0 Å². The molecule has 2 heterocycles. The molecule has 1 aliphatic rings. The Morgan fingerprint density at radius 3 is 2.54 bits per heavy atom. The van der Waals surface area contributed by atoms with Gasteiger partial charge in [0.2, 0.25) is 11.8 Å². The van der Waals surface area contributed by atoms with Gasteiger partial charge in [0.25, 0.3) is 5.91 Å². The number of amides is 2. The first-order valence-electron chi connectivity index (χ1n) is 8.44. The third-order valence-corrected chi connectivity index (χ3v) is 4.23. The van der Waals surface area contributed by atoms with Gasteiger partial charge in [-0.3, -0.25) is 19.4 Å². The van der Waals surface area contributed by atoms with E-state index in [0.29, 0.717) is 29.5 Å². The molecule has 0 bridgehead atoms. The molecule has 1 saturated heterocycles. The predicted molar refractivity (Wildman–Crippen MR) is 94.3 cm³/mol. The lowest BCUT2D eigenvalue weighted by molar-refractivity contribution is -0.117. The second-order valence-corrected chi connectivity index (χ2v) is 6.25. The van der Waals surface area contributed by atoms with Crippen molar-refractivity contribution in [2.75, 3.05) is 38.0 Å². The van der Waals surface area contributed by atoms with Gasteiger partial charge in [-0.25, -0.2) is 0 Å². The zero-order valence-corrected chi connectivity index (χ0v) is 14.6. The van der Waals surface area contributed by atoms with E-state index >= 15 is 0 Å². The molecule has 0 aliphatic carbocycles. The fraction of sp³-hybridized carbons (Fsp3) is 0.412. The van der Waals surface area contributed by atoms with Crippen LogP contribution < -0.4 is 11.1 Å². The van der Waals surface area contributed by atoms with Crippen LogP contribution in [0.15, 0.2) is 28.8 Å². The number of hydrogen-bond acceptors (Lipinski definition) is 7. The molecule has 1 aromatic heterocycles. The number of nitrogens with two attached hydrogens (primary N) is 1. The molecule has 0 saturated carbocycles. The van der Waals surface area contributed by atoms with E-state index in [-0.39, 0.29) is 12.5 Å². The fourth-order valence-corrected chi connectivity index (χ4v) is 2.90. The maximum Gasteiger partial charge on any atom is 0.250 e. The molecule has 1 aromatic carbocycles. The summed E-state index contributed by atoms with van der Waals surface area (Å²) in [5, 5.41) is 6.55. The summed E-state index contributed by atoms with van der Waals surface area (Å²) in [6.45, 7) is 5.82. The van der Waals surface area contributed by atoms with Gasteiger partial charge < -0.3 is 15.6 Å². The van der Waals surface area contributed by atoms with E-state index in [4.69, 9.17) is 10.3 Å². The summed E-state index contributed by atoms with van der Waals surface area (Å²) >= 11 is 0. The van der Waals surface area contributed by atoms with Crippen LogP contribution >= 0.6 is 0 Å². The first-order chi connectivity index (χ1) is 12.5. The lowest BCUT2D eigenvalue weighted by Crippen LogP contribution is -2.48. The fourth-order valence-electron chi connectivity index (χ4n) is 2.90. The van der Waals surface area contributed by atoms with Crippen LogP contribution in [0.25, 0.3) is 0 Å². The van der Waals surface area contributed by atoms with E-state index in [0.717, 1.165) is 26.2 Å². The van der Waals surface area contributed by atoms with Crippen LogP contribution in [-0.2, 0) is 11.3 Å². The van der Waals surface area contributed by atoms with Crippen LogP contribution in [0.1, 0.15) is 22.1 Å². The highest BCUT2D eigenvalue weighted by atomic mass is 16.5. The minimum absolute atomic E-state index is 0.167. The monoisotopic (exact) mass is 358 g/mol. The first-order valence-corrected chi connectivity index (χ1v) is 8.44. The SMILES string of the molecule is Cc1noc(CN2CCN(CC(=O)Nc3ccccc3C(N)=O)CC2)n1. The number of primary amides is 1. The lowest BCUT2D eigenvalue weighted by atomic mass is 10.1. The van der Waals surface area contributed by atoms with Crippen molar-refractivity contribution in [2.24, 2.45) is 5.73 Å². The lowest BCUT2D eigenvalue weighted by Gasteiger charge is -2.33. The summed E-state index contributed by atoms with van der Waals surface area (Å²) in [6.07, 6.45) is 0. The van der Waals surface area contributed by atoms with Gasteiger partial charge in [0.1, 0.15) is 0 Å². The van der Waals surface area contributed by atoms with Crippen molar-refractivity contribution in [3.63, 3.8) is 0 Å². The van der Waals surface area contributed by atoms with E-state index in [1.807, 2.05) is 0 Å². The minimum atomic E-state index is -0.564. The van der Waals surface area contributed by atoms with Gasteiger partial charge in [0, 0.05) is 26.2 Å². The van der Waals surface area contributed by atoms with Crippen LogP contribution in [-0.4, -0.2) is 64.5 Å². The molecule has 2 amide bonds. The summed E-state index contributed by atoms with van der Waals surface area (Å²) in [7, 11) is 0. The van der Waals surface area contributed by atoms with Crippen LogP contribution in [0.3, 0.4) is 0 Å². The minimum Gasteiger partial charge on any atom is -0.366 e. The van der Waals surface area contributed by atoms with E-state index in [2.05, 4.69) is 25.3 Å². The maximum absolute atomic E-state index is 12.3. The Hall–Kier alpha value is -2.78. The number of benzene rings is 1. The number of carbonyl (C=O) groups excluding carboxylic acids is 2. The molecule has 1 aliphatic heterocycles. The Balaban J connectivity index is 1.47. The molecule has 26 heavy (non-hydrogen) atoms. The molecule has 0 spiro atoms. The molecule has 138 valence electrons. The number of carbonyl (C=O) groups is 2. The number of hydrogen-bond donors (Lipinski definition) is 2. The Bertz CT molecular complexity index is 782. The van der Waals surface area contributed by atoms with E-state index in [1.54, 1.807) is 31.2 Å². The zero-order valence-electron chi connectivity index (χ0n) is 14.6. The Morgan fingerprint density at radius 1 is 1.19 bits per heavy atom. The number of anilines is 1. The highest BCUT2D eigenvalue weighted by Gasteiger charge is 2.21. The number of para-hydroxylation sites is 1. The number of nitrogens with zero attached hydrogens (tertiary/aromatic N) is 4. The molecule has 2 aromatic rings. The normalized spacial score (nSPS) is 15.7. The standard InChI is InChI=1S/C17H22N6O3/c1-12-19-16(26-21-12)11-23-8-6-22(7-9-23)10-15(24)20-14-5-3-2-4-13(14)17(18)25/h2-5H,6-11H2,1H3,(H2,18,25)(H,20,24). The largest absolute Gasteiger partial charge is 0.366 e. The molecule has 0 radical (unpaired) electrons. The summed E-state index contributed by atoms with van der Waals surface area (Å²) in [4.78, 5) is 32.2. The van der Waals surface area contributed by atoms with Gasteiger partial charge in [-0.05, 0) is 19.1 Å². The quantitative estimate of drug-likeness (QED) is 0.759. The van der Waals surface area contributed by atoms with Crippen LogP contribution in [0.4, 0.5) is 5.69 Å². The third kappa shape index (κ3) is 4.64. The highest BCUT2D eigenvalue weighted by molar-refractivity contribution is 6.03. The maximum atomic E-state index is 12.3. The molecular formula is C17H22N6O3. The van der Waals surface area contributed by atoms with Crippen molar-refractivity contribution in [3.05, 3.63) is 41.5 Å². The van der Waals surface area contributed by atoms with Gasteiger partial charge in [0.15, 0.2) is 5.82 Å². The molecule has 9 nitrogen and oxygen atoms in total. The van der Waals surface area contributed by atoms with Gasteiger partial charge in [0.05, 0.1) is 24.3 Å². The zero-order chi connectivity index (χ0) is 18.5. The number of nitrogens with one attached hydrogen (secondary N) is 1. The highest BCUT2D eigenvalue weighted by Crippen LogP contribution is 2.14. The van der Waals surface area contributed by atoms with Crippen LogP contribution in [0.2, 0.25) is 0 Å². The van der Waals surface area contributed by atoms with Gasteiger partial charge in [-0.15, -0.1) is 0 Å². The van der Waals surface area contributed by atoms with Crippen molar-refractivity contribution >= 4 is 17.5 Å². The number of piperazine rings is 1. The summed E-state index contributed by atoms with van der Waals surface area (Å²) < 4.78 is 5.14. The first kappa shape index (κ1) is 18.0. The predicted octanol–water partition coefficient (Wildman–Crippen LogP) is 0.233. The van der Waals surface area contributed by atoms with E-state index < -0.39 is 5.91 Å². The summed E-state index contributed by atoms with van der Waals surface area (Å²) in [5.41, 5.74) is 6.08. The second-order valence-electron chi connectivity index (χ2n) is 6.25. The van der Waals surface area contributed by atoms with Crippen molar-refractivity contribution in [1.82, 2.24) is 19.9 Å². The second kappa shape index (κ2) is 8.07. The third-order valence-electron chi connectivity index (χ3n) is 4.23. The molecular weight excluding hydrogens is 336 g/mol. The number of aryl methyl sites for hydroxylation is 1. The van der Waals surface area contributed by atoms with Crippen LogP contribution in [0, 0.1) is 6.92 Å². The number of aromatic nitrogens is 2. The average molecular weight is 358 g/mol. The van der Waals surface area contributed by atoms with Crippen molar-refractivity contribution in [1.29, 1.82) is 0 Å². The molecule has 0 unspecified atom stereocenters. The van der Waals surface area contributed by atoms with Gasteiger partial charge in [-0.2, -0.15) is 4.98 Å². The summed E-state index contributed by atoms with van der Waals surface area (Å²) in [6, 6.07) is 6.72. The smallest absolute Gasteiger partial charge is 0.250 e. The van der Waals surface area contributed by atoms with E-state index in [1.165, 1.54) is 0 Å². The Labute approximate surface area is 151 Å². The Morgan fingerprint density at radius 2 is 1.88 bits per heavy atom. The molecule has 3 rings (SSSR count). The molecule has 9 heteroatoms. The van der Waals surface area contributed by atoms with Gasteiger partial charge in [-0.1, -0.05) is 17.3 Å². The molecule has 0 atom stereocenters. The molecule has 1 fully saturated rings.